The van der Waals surface area contributed by atoms with Gasteiger partial charge in [0.1, 0.15) is 17.5 Å². The molecule has 0 unspecified atom stereocenters. The Labute approximate surface area is 126 Å². The Bertz CT molecular complexity index is 541. The first-order valence-corrected chi connectivity index (χ1v) is 7.67. The maximum absolute atomic E-state index is 11.8. The highest BCUT2D eigenvalue weighted by Crippen LogP contribution is 2.27. The van der Waals surface area contributed by atoms with Gasteiger partial charge in [-0.25, -0.2) is 4.79 Å². The number of hydrogen-bond acceptors (Lipinski definition) is 3. The van der Waals surface area contributed by atoms with Gasteiger partial charge >= 0.3 is 6.09 Å². The average Bonchev–Trinajstić information content (AvgIpc) is 2.77. The summed E-state index contributed by atoms with van der Waals surface area (Å²) < 4.78 is 11.3. The molecule has 0 aromatic heterocycles. The Morgan fingerprint density at radius 3 is 2.62 bits per heavy atom. The van der Waals surface area contributed by atoms with Crippen LogP contribution < -0.4 is 4.74 Å². The van der Waals surface area contributed by atoms with Crippen molar-refractivity contribution in [1.29, 1.82) is 0 Å². The van der Waals surface area contributed by atoms with E-state index in [2.05, 4.69) is 12.1 Å². The minimum atomic E-state index is -0.441. The highest BCUT2D eigenvalue weighted by atomic mass is 16.6. The molecule has 1 fully saturated rings. The molecule has 114 valence electrons. The molecule has 1 aromatic carbocycles. The average molecular weight is 289 g/mol. The van der Waals surface area contributed by atoms with Crippen molar-refractivity contribution in [2.45, 2.75) is 51.7 Å². The quantitative estimate of drug-likeness (QED) is 0.839. The van der Waals surface area contributed by atoms with Gasteiger partial charge in [0, 0.05) is 0 Å². The van der Waals surface area contributed by atoms with E-state index in [0.717, 1.165) is 12.2 Å². The van der Waals surface area contributed by atoms with Crippen molar-refractivity contribution >= 4 is 6.09 Å². The molecule has 1 aliphatic heterocycles. The second kappa shape index (κ2) is 5.24. The van der Waals surface area contributed by atoms with E-state index < -0.39 is 5.60 Å². The Kier molecular flexibility index (Phi) is 3.56. The van der Waals surface area contributed by atoms with Crippen LogP contribution in [0.5, 0.6) is 5.75 Å². The summed E-state index contributed by atoms with van der Waals surface area (Å²) in [6.45, 7) is 6.84. The number of carbonyl (C=O) groups is 1. The van der Waals surface area contributed by atoms with Crippen LogP contribution in [-0.4, -0.2) is 35.8 Å². The summed E-state index contributed by atoms with van der Waals surface area (Å²) >= 11 is 0. The fourth-order valence-electron chi connectivity index (χ4n) is 2.80. The molecule has 1 saturated heterocycles. The van der Waals surface area contributed by atoms with E-state index in [1.54, 1.807) is 4.90 Å². The molecule has 0 radical (unpaired) electrons. The first kappa shape index (κ1) is 14.2. The summed E-state index contributed by atoms with van der Waals surface area (Å²) in [6, 6.07) is 6.36. The molecular weight excluding hydrogens is 266 g/mol. The second-order valence-electron chi connectivity index (χ2n) is 6.91. The summed E-state index contributed by atoms with van der Waals surface area (Å²) in [4.78, 5) is 13.5. The van der Waals surface area contributed by atoms with Gasteiger partial charge in [-0.3, -0.25) is 0 Å². The van der Waals surface area contributed by atoms with Gasteiger partial charge in [-0.1, -0.05) is 6.07 Å². The second-order valence-corrected chi connectivity index (χ2v) is 6.91. The van der Waals surface area contributed by atoms with Crippen LogP contribution in [0, 0.1) is 0 Å². The SMILES string of the molecule is CC(C)(C)OC(=O)N1CC(Oc2ccc3c(c2)CCC3)C1. The number of rotatable bonds is 2. The van der Waals surface area contributed by atoms with Gasteiger partial charge in [0.2, 0.25) is 0 Å². The van der Waals surface area contributed by atoms with E-state index in [4.69, 9.17) is 9.47 Å². The summed E-state index contributed by atoms with van der Waals surface area (Å²) in [7, 11) is 0. The lowest BCUT2D eigenvalue weighted by Crippen LogP contribution is -2.57. The van der Waals surface area contributed by atoms with Gasteiger partial charge < -0.3 is 14.4 Å². The minimum absolute atomic E-state index is 0.0805. The summed E-state index contributed by atoms with van der Waals surface area (Å²) in [5.74, 6) is 0.921. The van der Waals surface area contributed by atoms with Gasteiger partial charge in [-0.2, -0.15) is 0 Å². The van der Waals surface area contributed by atoms with Crippen molar-refractivity contribution in [3.63, 3.8) is 0 Å². The summed E-state index contributed by atoms with van der Waals surface area (Å²) in [6.07, 6.45) is 3.41. The van der Waals surface area contributed by atoms with Crippen molar-refractivity contribution < 1.29 is 14.3 Å². The van der Waals surface area contributed by atoms with E-state index in [1.807, 2.05) is 26.8 Å². The molecule has 21 heavy (non-hydrogen) atoms. The predicted molar refractivity (Wildman–Crippen MR) is 80.7 cm³/mol. The Balaban J connectivity index is 1.50. The Morgan fingerprint density at radius 2 is 1.90 bits per heavy atom. The first-order chi connectivity index (χ1) is 9.90. The number of benzene rings is 1. The molecule has 0 bridgehead atoms. The first-order valence-electron chi connectivity index (χ1n) is 7.67. The van der Waals surface area contributed by atoms with E-state index >= 15 is 0 Å². The fraction of sp³-hybridized carbons (Fsp3) is 0.588. The monoisotopic (exact) mass is 289 g/mol. The number of aryl methyl sites for hydroxylation is 2. The summed E-state index contributed by atoms with van der Waals surface area (Å²) in [5, 5.41) is 0. The van der Waals surface area contributed by atoms with Crippen LogP contribution in [0.15, 0.2) is 18.2 Å². The zero-order valence-electron chi connectivity index (χ0n) is 13.0. The van der Waals surface area contributed by atoms with Crippen molar-refractivity contribution in [2.24, 2.45) is 0 Å². The highest BCUT2D eigenvalue weighted by Gasteiger charge is 2.35. The highest BCUT2D eigenvalue weighted by molar-refractivity contribution is 5.69. The normalized spacial score (nSPS) is 18.1. The smallest absolute Gasteiger partial charge is 0.410 e. The number of hydrogen-bond donors (Lipinski definition) is 0. The Hall–Kier alpha value is -1.71. The van der Waals surface area contributed by atoms with Gasteiger partial charge in [0.15, 0.2) is 0 Å². The van der Waals surface area contributed by atoms with Crippen LogP contribution in [0.2, 0.25) is 0 Å². The van der Waals surface area contributed by atoms with Crippen LogP contribution in [0.4, 0.5) is 4.79 Å². The topological polar surface area (TPSA) is 38.8 Å². The van der Waals surface area contributed by atoms with Crippen molar-refractivity contribution in [3.8, 4) is 5.75 Å². The molecule has 3 rings (SSSR count). The third-order valence-electron chi connectivity index (χ3n) is 3.87. The lowest BCUT2D eigenvalue weighted by atomic mass is 10.1. The number of ether oxygens (including phenoxy) is 2. The van der Waals surface area contributed by atoms with Crippen LogP contribution in [0.25, 0.3) is 0 Å². The fourth-order valence-corrected chi connectivity index (χ4v) is 2.80. The van der Waals surface area contributed by atoms with Crippen LogP contribution in [0.1, 0.15) is 38.3 Å². The maximum Gasteiger partial charge on any atom is 0.410 e. The van der Waals surface area contributed by atoms with Gasteiger partial charge in [-0.05, 0) is 63.3 Å². The van der Waals surface area contributed by atoms with Crippen LogP contribution in [0.3, 0.4) is 0 Å². The van der Waals surface area contributed by atoms with Crippen molar-refractivity contribution in [2.75, 3.05) is 13.1 Å². The van der Waals surface area contributed by atoms with Crippen LogP contribution in [-0.2, 0) is 17.6 Å². The molecule has 0 saturated carbocycles. The van der Waals surface area contributed by atoms with Crippen molar-refractivity contribution in [1.82, 2.24) is 4.90 Å². The lowest BCUT2D eigenvalue weighted by molar-refractivity contribution is -0.0221. The molecular formula is C17H23NO3. The lowest BCUT2D eigenvalue weighted by Gasteiger charge is -2.39. The molecule has 0 spiro atoms. The van der Waals surface area contributed by atoms with Crippen LogP contribution >= 0.6 is 0 Å². The number of carbonyl (C=O) groups excluding carboxylic acids is 1. The summed E-state index contributed by atoms with van der Waals surface area (Å²) in [5.41, 5.74) is 2.42. The third-order valence-corrected chi connectivity index (χ3v) is 3.87. The van der Waals surface area contributed by atoms with Gasteiger partial charge in [-0.15, -0.1) is 0 Å². The molecule has 4 heteroatoms. The number of amides is 1. The predicted octanol–water partition coefficient (Wildman–Crippen LogP) is 3.17. The molecule has 0 atom stereocenters. The molecule has 1 aliphatic carbocycles. The molecule has 0 N–H and O–H groups in total. The zero-order valence-corrected chi connectivity index (χ0v) is 13.0. The maximum atomic E-state index is 11.8. The zero-order chi connectivity index (χ0) is 15.0. The number of fused-ring (bicyclic) bond motifs is 1. The van der Waals surface area contributed by atoms with E-state index in [9.17, 15) is 4.79 Å². The molecule has 2 aliphatic rings. The van der Waals surface area contributed by atoms with E-state index in [1.165, 1.54) is 24.0 Å². The van der Waals surface area contributed by atoms with Crippen molar-refractivity contribution in [3.05, 3.63) is 29.3 Å². The molecule has 1 amide bonds. The molecule has 1 aromatic rings. The third kappa shape index (κ3) is 3.31. The standard InChI is InChI=1S/C17H23NO3/c1-17(2,3)21-16(19)18-10-15(11-18)20-14-8-7-12-5-4-6-13(12)9-14/h7-9,15H,4-6,10-11H2,1-3H3. The minimum Gasteiger partial charge on any atom is -0.487 e. The van der Waals surface area contributed by atoms with Gasteiger partial charge in [0.05, 0.1) is 13.1 Å². The van der Waals surface area contributed by atoms with E-state index in [-0.39, 0.29) is 12.2 Å². The number of likely N-dealkylation sites (tertiary alicyclic amines) is 1. The van der Waals surface area contributed by atoms with Gasteiger partial charge in [0.25, 0.3) is 0 Å². The number of nitrogens with zero attached hydrogens (tertiary/aromatic N) is 1. The van der Waals surface area contributed by atoms with E-state index in [0.29, 0.717) is 13.1 Å². The molecule has 1 heterocycles. The molecule has 4 nitrogen and oxygen atoms in total. The Morgan fingerprint density at radius 1 is 1.19 bits per heavy atom. The largest absolute Gasteiger partial charge is 0.487 e.